The summed E-state index contributed by atoms with van der Waals surface area (Å²) in [5.41, 5.74) is 0. The molecule has 2 atom stereocenters. The van der Waals surface area contributed by atoms with Gasteiger partial charge in [-0.15, -0.1) is 0 Å². The van der Waals surface area contributed by atoms with Gasteiger partial charge in [-0.2, -0.15) is 0 Å². The van der Waals surface area contributed by atoms with Crippen molar-refractivity contribution in [3.05, 3.63) is 0 Å². The molecule has 0 aromatic heterocycles. The Hall–Kier alpha value is -1.14. The first-order valence-corrected chi connectivity index (χ1v) is 31.8. The van der Waals surface area contributed by atoms with Crippen LogP contribution in [0.2, 0.25) is 0 Å². The summed E-state index contributed by atoms with van der Waals surface area (Å²) in [6.45, 7) is 4.97. The normalized spacial score (nSPS) is 12.5. The van der Waals surface area contributed by atoms with Crippen molar-refractivity contribution < 1.29 is 24.5 Å². The third kappa shape index (κ3) is 56.0. The number of aliphatic hydroxyl groups is 2. The Morgan fingerprint density at radius 1 is 0.348 bits per heavy atom. The Labute approximate surface area is 432 Å². The van der Waals surface area contributed by atoms with Crippen molar-refractivity contribution in [3.63, 3.8) is 0 Å². The highest BCUT2D eigenvalue weighted by Gasteiger charge is 2.20. The van der Waals surface area contributed by atoms with Gasteiger partial charge in [-0.05, 0) is 25.7 Å². The number of hydrogen-bond donors (Lipinski definition) is 3. The first kappa shape index (κ1) is 67.9. The summed E-state index contributed by atoms with van der Waals surface area (Å²) >= 11 is 0. The summed E-state index contributed by atoms with van der Waals surface area (Å²) < 4.78 is 5.47. The van der Waals surface area contributed by atoms with Gasteiger partial charge < -0.3 is 20.3 Å². The van der Waals surface area contributed by atoms with Gasteiger partial charge in [-0.3, -0.25) is 9.59 Å². The topological polar surface area (TPSA) is 95.9 Å². The fraction of sp³-hybridized carbons (Fsp3) is 0.968. The molecule has 2 unspecified atom stereocenters. The summed E-state index contributed by atoms with van der Waals surface area (Å²) in [5.74, 6) is -0.0390. The smallest absolute Gasteiger partial charge is 0.305 e. The number of rotatable bonds is 60. The second-order valence-electron chi connectivity index (χ2n) is 22.1. The van der Waals surface area contributed by atoms with Crippen LogP contribution < -0.4 is 5.32 Å². The van der Waals surface area contributed by atoms with Gasteiger partial charge in [0.2, 0.25) is 5.91 Å². The average molecular weight is 977 g/mol. The molecule has 0 saturated heterocycles. The summed E-state index contributed by atoms with van der Waals surface area (Å²) in [4.78, 5) is 24.6. The highest BCUT2D eigenvalue weighted by molar-refractivity contribution is 5.76. The van der Waals surface area contributed by atoms with E-state index in [1.807, 2.05) is 0 Å². The predicted molar refractivity (Wildman–Crippen MR) is 301 cm³/mol. The fourth-order valence-electron chi connectivity index (χ4n) is 10.3. The molecular weight excluding hydrogens is 851 g/mol. The number of amides is 1. The quantitative estimate of drug-likeness (QED) is 0.0417. The minimum absolute atomic E-state index is 0.00107. The van der Waals surface area contributed by atoms with Gasteiger partial charge in [0.05, 0.1) is 25.4 Å². The van der Waals surface area contributed by atoms with Gasteiger partial charge in [0.25, 0.3) is 0 Å². The van der Waals surface area contributed by atoms with Gasteiger partial charge in [0.15, 0.2) is 0 Å². The zero-order valence-electron chi connectivity index (χ0n) is 47.1. The van der Waals surface area contributed by atoms with Crippen molar-refractivity contribution in [1.29, 1.82) is 0 Å². The molecule has 0 spiro atoms. The van der Waals surface area contributed by atoms with E-state index in [4.69, 9.17) is 4.74 Å². The third-order valence-electron chi connectivity index (χ3n) is 15.2. The van der Waals surface area contributed by atoms with E-state index in [-0.39, 0.29) is 18.5 Å². The number of esters is 1. The lowest BCUT2D eigenvalue weighted by atomic mass is 10.0. The highest BCUT2D eigenvalue weighted by Crippen LogP contribution is 2.19. The molecule has 6 heteroatoms. The summed E-state index contributed by atoms with van der Waals surface area (Å²) in [6.07, 6.45) is 69.7. The van der Waals surface area contributed by atoms with Crippen LogP contribution in [0.25, 0.3) is 0 Å². The molecule has 0 bridgehead atoms. The summed E-state index contributed by atoms with van der Waals surface area (Å²) in [5, 5.41) is 23.4. The lowest BCUT2D eigenvalue weighted by Gasteiger charge is -2.22. The van der Waals surface area contributed by atoms with E-state index < -0.39 is 12.1 Å². The van der Waals surface area contributed by atoms with Crippen LogP contribution >= 0.6 is 0 Å². The van der Waals surface area contributed by atoms with Crippen molar-refractivity contribution in [1.82, 2.24) is 5.32 Å². The summed E-state index contributed by atoms with van der Waals surface area (Å²) in [7, 11) is 0. The van der Waals surface area contributed by atoms with Gasteiger partial charge in [0.1, 0.15) is 0 Å². The molecule has 0 heterocycles. The third-order valence-corrected chi connectivity index (χ3v) is 15.2. The number of hydrogen-bond acceptors (Lipinski definition) is 5. The number of ether oxygens (including phenoxy) is 1. The van der Waals surface area contributed by atoms with Crippen LogP contribution in [0, 0.1) is 0 Å². The Kier molecular flexibility index (Phi) is 58.4. The lowest BCUT2D eigenvalue weighted by Crippen LogP contribution is -2.45. The van der Waals surface area contributed by atoms with Crippen molar-refractivity contribution in [2.24, 2.45) is 0 Å². The molecule has 0 aliphatic heterocycles. The van der Waals surface area contributed by atoms with E-state index in [0.717, 1.165) is 51.4 Å². The molecule has 0 aromatic carbocycles. The Bertz CT molecular complexity index is 990. The van der Waals surface area contributed by atoms with E-state index in [2.05, 4.69) is 19.2 Å². The molecule has 0 radical (unpaired) electrons. The van der Waals surface area contributed by atoms with E-state index >= 15 is 0 Å². The summed E-state index contributed by atoms with van der Waals surface area (Å²) in [6, 6.07) is -0.549. The number of carbonyl (C=O) groups is 2. The van der Waals surface area contributed by atoms with Gasteiger partial charge >= 0.3 is 5.97 Å². The molecule has 0 rings (SSSR count). The molecule has 6 nitrogen and oxygen atoms in total. The first-order chi connectivity index (χ1) is 34.0. The average Bonchev–Trinajstić information content (AvgIpc) is 3.35. The lowest BCUT2D eigenvalue weighted by molar-refractivity contribution is -0.143. The standard InChI is InChI=1S/C63H125NO5/c1-3-5-7-9-11-13-15-17-18-19-20-21-22-23-24-25-26-27-28-32-35-39-43-47-51-55-61(66)60(59-65)64-62(67)56-52-48-44-40-36-33-29-30-34-38-42-46-50-54-58-69-63(68)57-53-49-45-41-37-31-16-14-12-10-8-6-4-2/h60-61,65-66H,3-59H2,1-2H3,(H,64,67). The molecule has 69 heavy (non-hydrogen) atoms. The second kappa shape index (κ2) is 59.4. The maximum Gasteiger partial charge on any atom is 0.305 e. The van der Waals surface area contributed by atoms with Crippen molar-refractivity contribution in [3.8, 4) is 0 Å². The number of carbonyl (C=O) groups excluding carboxylic acids is 2. The number of nitrogens with one attached hydrogen (secondary N) is 1. The molecule has 412 valence electrons. The Morgan fingerprint density at radius 2 is 0.594 bits per heavy atom. The Morgan fingerprint density at radius 3 is 0.884 bits per heavy atom. The molecular formula is C63H125NO5. The van der Waals surface area contributed by atoms with Gasteiger partial charge in [-0.1, -0.05) is 328 Å². The van der Waals surface area contributed by atoms with Crippen molar-refractivity contribution in [2.45, 2.75) is 379 Å². The SMILES string of the molecule is CCCCCCCCCCCCCCCCCCCCCCCCCCCC(O)C(CO)NC(=O)CCCCCCCCCCCCCCCCOC(=O)CCCCCCCCCCCCCCC. The van der Waals surface area contributed by atoms with Gasteiger partial charge in [-0.25, -0.2) is 0 Å². The zero-order chi connectivity index (χ0) is 50.0. The van der Waals surface area contributed by atoms with Crippen LogP contribution in [0.15, 0.2) is 0 Å². The van der Waals surface area contributed by atoms with Crippen molar-refractivity contribution in [2.75, 3.05) is 13.2 Å². The van der Waals surface area contributed by atoms with Crippen LogP contribution in [0.1, 0.15) is 367 Å². The van der Waals surface area contributed by atoms with E-state index in [9.17, 15) is 19.8 Å². The monoisotopic (exact) mass is 976 g/mol. The largest absolute Gasteiger partial charge is 0.466 e. The molecule has 3 N–H and O–H groups in total. The second-order valence-corrected chi connectivity index (χ2v) is 22.1. The minimum atomic E-state index is -0.671. The first-order valence-electron chi connectivity index (χ1n) is 31.8. The molecule has 1 amide bonds. The molecule has 0 aliphatic rings. The molecule has 0 saturated carbocycles. The van der Waals surface area contributed by atoms with Crippen LogP contribution in [0.5, 0.6) is 0 Å². The van der Waals surface area contributed by atoms with E-state index in [1.54, 1.807) is 0 Å². The minimum Gasteiger partial charge on any atom is -0.466 e. The molecule has 0 aromatic rings. The van der Waals surface area contributed by atoms with E-state index in [0.29, 0.717) is 25.9 Å². The van der Waals surface area contributed by atoms with Crippen molar-refractivity contribution >= 4 is 11.9 Å². The zero-order valence-corrected chi connectivity index (χ0v) is 47.1. The van der Waals surface area contributed by atoms with Crippen LogP contribution in [-0.2, 0) is 14.3 Å². The van der Waals surface area contributed by atoms with Crippen LogP contribution in [0.4, 0.5) is 0 Å². The molecule has 0 aliphatic carbocycles. The Balaban J connectivity index is 3.41. The maximum absolute atomic E-state index is 12.5. The molecule has 0 fully saturated rings. The van der Waals surface area contributed by atoms with Crippen LogP contribution in [-0.4, -0.2) is 47.4 Å². The predicted octanol–water partition coefficient (Wildman–Crippen LogP) is 19.9. The maximum atomic E-state index is 12.5. The van der Waals surface area contributed by atoms with Gasteiger partial charge in [0, 0.05) is 12.8 Å². The number of aliphatic hydroxyl groups excluding tert-OH is 2. The van der Waals surface area contributed by atoms with E-state index in [1.165, 1.54) is 283 Å². The highest BCUT2D eigenvalue weighted by atomic mass is 16.5. The number of unbranched alkanes of at least 4 members (excludes halogenated alkanes) is 49. The van der Waals surface area contributed by atoms with Crippen LogP contribution in [0.3, 0.4) is 0 Å². The fourth-order valence-corrected chi connectivity index (χ4v) is 10.3.